The van der Waals surface area contributed by atoms with Gasteiger partial charge >= 0.3 is 6.18 Å². The van der Waals surface area contributed by atoms with Crippen LogP contribution < -0.4 is 10.6 Å². The Labute approximate surface area is 115 Å². The van der Waals surface area contributed by atoms with Gasteiger partial charge in [0.25, 0.3) is 0 Å². The summed E-state index contributed by atoms with van der Waals surface area (Å²) in [6.45, 7) is 2.42. The van der Waals surface area contributed by atoms with Gasteiger partial charge in [0.05, 0.1) is 11.6 Å². The van der Waals surface area contributed by atoms with Gasteiger partial charge in [-0.3, -0.25) is 10.1 Å². The van der Waals surface area contributed by atoms with Crippen molar-refractivity contribution in [1.82, 2.24) is 10.6 Å². The highest BCUT2D eigenvalue weighted by atomic mass is 19.4. The van der Waals surface area contributed by atoms with E-state index >= 15 is 0 Å². The van der Waals surface area contributed by atoms with Gasteiger partial charge in [-0.1, -0.05) is 12.1 Å². The van der Waals surface area contributed by atoms with Crippen LogP contribution in [0.25, 0.3) is 0 Å². The Bertz CT molecular complexity index is 488. The lowest BCUT2D eigenvalue weighted by Gasteiger charge is -2.26. The van der Waals surface area contributed by atoms with E-state index in [-0.39, 0.29) is 18.0 Å². The highest BCUT2D eigenvalue weighted by Crippen LogP contribution is 2.30. The van der Waals surface area contributed by atoms with E-state index in [4.69, 9.17) is 0 Å². The van der Waals surface area contributed by atoms with E-state index in [1.807, 2.05) is 0 Å². The lowest BCUT2D eigenvalue weighted by Crippen LogP contribution is -2.48. The van der Waals surface area contributed by atoms with E-state index in [2.05, 4.69) is 10.6 Å². The predicted octanol–water partition coefficient (Wildman–Crippen LogP) is 2.63. The first-order chi connectivity index (χ1) is 9.38. The highest BCUT2D eigenvalue weighted by Gasteiger charge is 2.31. The van der Waals surface area contributed by atoms with Crippen LogP contribution in [0.15, 0.2) is 24.3 Å². The molecule has 1 saturated heterocycles. The number of carbonyl (C=O) groups is 1. The number of rotatable bonds is 3. The molecule has 1 heterocycles. The van der Waals surface area contributed by atoms with Crippen LogP contribution >= 0.6 is 0 Å². The molecule has 1 aliphatic heterocycles. The van der Waals surface area contributed by atoms with Crippen molar-refractivity contribution in [2.45, 2.75) is 38.0 Å². The maximum absolute atomic E-state index is 12.7. The average Bonchev–Trinajstić information content (AvgIpc) is 2.40. The smallest absolute Gasteiger partial charge is 0.355 e. The minimum atomic E-state index is -4.35. The van der Waals surface area contributed by atoms with Crippen molar-refractivity contribution in [2.24, 2.45) is 0 Å². The van der Waals surface area contributed by atoms with Gasteiger partial charge in [-0.15, -0.1) is 0 Å². The molecule has 20 heavy (non-hydrogen) atoms. The highest BCUT2D eigenvalue weighted by molar-refractivity contribution is 5.82. The number of hydrogen-bond acceptors (Lipinski definition) is 2. The second-order valence-corrected chi connectivity index (χ2v) is 5.00. The fourth-order valence-electron chi connectivity index (χ4n) is 2.31. The first kappa shape index (κ1) is 14.8. The maximum atomic E-state index is 12.7. The van der Waals surface area contributed by atoms with Crippen LogP contribution in [0.2, 0.25) is 0 Å². The molecule has 0 bridgehead atoms. The van der Waals surface area contributed by atoms with Crippen molar-refractivity contribution >= 4 is 5.91 Å². The summed E-state index contributed by atoms with van der Waals surface area (Å²) < 4.78 is 38.0. The van der Waals surface area contributed by atoms with Gasteiger partial charge in [0.2, 0.25) is 5.91 Å². The van der Waals surface area contributed by atoms with Crippen LogP contribution in [0.3, 0.4) is 0 Å². The van der Waals surface area contributed by atoms with Crippen LogP contribution in [0, 0.1) is 0 Å². The number of carbonyl (C=O) groups excluding carboxylic acids is 1. The second-order valence-electron chi connectivity index (χ2n) is 5.00. The van der Waals surface area contributed by atoms with Crippen molar-refractivity contribution in [1.29, 1.82) is 0 Å². The number of piperidine rings is 1. The molecule has 110 valence electrons. The van der Waals surface area contributed by atoms with Gasteiger partial charge in [-0.25, -0.2) is 0 Å². The molecule has 1 aromatic rings. The van der Waals surface area contributed by atoms with Gasteiger partial charge in [0.1, 0.15) is 0 Å². The summed E-state index contributed by atoms with van der Waals surface area (Å²) in [5, 5.41) is 5.83. The minimum absolute atomic E-state index is 0.0879. The number of amides is 1. The van der Waals surface area contributed by atoms with Crippen LogP contribution in [0.1, 0.15) is 36.9 Å². The third-order valence-corrected chi connectivity index (χ3v) is 3.45. The maximum Gasteiger partial charge on any atom is 0.416 e. The minimum Gasteiger partial charge on any atom is -0.355 e. The molecule has 1 aliphatic rings. The van der Waals surface area contributed by atoms with Gasteiger partial charge in [-0.2, -0.15) is 13.2 Å². The van der Waals surface area contributed by atoms with Crippen molar-refractivity contribution in [3.63, 3.8) is 0 Å². The zero-order chi connectivity index (χ0) is 14.8. The van der Waals surface area contributed by atoms with Crippen LogP contribution in [0.5, 0.6) is 0 Å². The number of hydrogen-bond donors (Lipinski definition) is 2. The summed E-state index contributed by atoms with van der Waals surface area (Å²) >= 11 is 0. The Hall–Kier alpha value is -1.56. The second kappa shape index (κ2) is 5.83. The Balaban J connectivity index is 2.09. The fraction of sp³-hybridized carbons (Fsp3) is 0.500. The van der Waals surface area contributed by atoms with Gasteiger partial charge in [0, 0.05) is 12.6 Å². The molecule has 1 amide bonds. The Morgan fingerprint density at radius 1 is 1.40 bits per heavy atom. The van der Waals surface area contributed by atoms with Crippen LogP contribution in [0.4, 0.5) is 13.2 Å². The summed E-state index contributed by atoms with van der Waals surface area (Å²) in [6.07, 6.45) is -2.77. The van der Waals surface area contributed by atoms with E-state index in [1.165, 1.54) is 6.07 Å². The van der Waals surface area contributed by atoms with Crippen molar-refractivity contribution < 1.29 is 18.0 Å². The molecule has 0 spiro atoms. The fourth-order valence-corrected chi connectivity index (χ4v) is 2.31. The van der Waals surface area contributed by atoms with Crippen molar-refractivity contribution in [3.05, 3.63) is 35.4 Å². The Morgan fingerprint density at radius 3 is 2.80 bits per heavy atom. The Morgan fingerprint density at radius 2 is 2.15 bits per heavy atom. The van der Waals surface area contributed by atoms with Crippen molar-refractivity contribution in [2.75, 3.05) is 6.54 Å². The lowest BCUT2D eigenvalue weighted by molar-refractivity contribution is -0.137. The summed E-state index contributed by atoms with van der Waals surface area (Å²) in [5.41, 5.74) is -0.144. The first-order valence-electron chi connectivity index (χ1n) is 6.59. The standard InChI is InChI=1S/C14H17F3N2O/c1-9(19-12-6-3-7-18-13(12)20)10-4-2-5-11(8-10)14(15,16)17/h2,4-5,8-9,12,19H,3,6-7H2,1H3,(H,18,20). The number of benzene rings is 1. The third-order valence-electron chi connectivity index (χ3n) is 3.45. The van der Waals surface area contributed by atoms with E-state index in [0.29, 0.717) is 18.5 Å². The molecule has 2 atom stereocenters. The normalized spacial score (nSPS) is 21.4. The third kappa shape index (κ3) is 3.50. The van der Waals surface area contributed by atoms with E-state index in [1.54, 1.807) is 13.0 Å². The average molecular weight is 286 g/mol. The molecule has 6 heteroatoms. The molecule has 0 aromatic heterocycles. The molecule has 2 unspecified atom stereocenters. The zero-order valence-electron chi connectivity index (χ0n) is 11.1. The lowest BCUT2D eigenvalue weighted by atomic mass is 10.0. The monoisotopic (exact) mass is 286 g/mol. The summed E-state index contributed by atoms with van der Waals surface area (Å²) in [4.78, 5) is 11.6. The zero-order valence-corrected chi connectivity index (χ0v) is 11.1. The van der Waals surface area contributed by atoms with Crippen LogP contribution in [-0.2, 0) is 11.0 Å². The molecule has 0 saturated carbocycles. The first-order valence-corrected chi connectivity index (χ1v) is 6.59. The predicted molar refractivity (Wildman–Crippen MR) is 69.0 cm³/mol. The van der Waals surface area contributed by atoms with E-state index in [9.17, 15) is 18.0 Å². The molecular weight excluding hydrogens is 269 g/mol. The SMILES string of the molecule is CC(NC1CCCNC1=O)c1cccc(C(F)(F)F)c1. The molecule has 1 aromatic carbocycles. The number of nitrogens with one attached hydrogen (secondary N) is 2. The molecule has 3 nitrogen and oxygen atoms in total. The van der Waals surface area contributed by atoms with Gasteiger partial charge < -0.3 is 5.32 Å². The largest absolute Gasteiger partial charge is 0.416 e. The summed E-state index contributed by atoms with van der Waals surface area (Å²) in [7, 11) is 0. The topological polar surface area (TPSA) is 41.1 Å². The van der Waals surface area contributed by atoms with Crippen molar-refractivity contribution in [3.8, 4) is 0 Å². The van der Waals surface area contributed by atoms with Gasteiger partial charge in [0.15, 0.2) is 0 Å². The molecule has 0 radical (unpaired) electrons. The quantitative estimate of drug-likeness (QED) is 0.897. The van der Waals surface area contributed by atoms with E-state index in [0.717, 1.165) is 18.6 Å². The summed E-state index contributed by atoms with van der Waals surface area (Å²) in [5.74, 6) is -0.0879. The Kier molecular flexibility index (Phi) is 4.32. The van der Waals surface area contributed by atoms with E-state index < -0.39 is 11.7 Å². The number of alkyl halides is 3. The number of halogens is 3. The van der Waals surface area contributed by atoms with Crippen LogP contribution in [-0.4, -0.2) is 18.5 Å². The molecular formula is C14H17F3N2O. The summed E-state index contributed by atoms with van der Waals surface area (Å²) in [6, 6.07) is 4.53. The molecule has 2 rings (SSSR count). The molecule has 1 fully saturated rings. The molecule has 0 aliphatic carbocycles. The van der Waals surface area contributed by atoms with Gasteiger partial charge in [-0.05, 0) is 37.5 Å². The molecule has 2 N–H and O–H groups in total.